The quantitative estimate of drug-likeness (QED) is 0.448. The number of aliphatic carboxylic acids is 1. The van der Waals surface area contributed by atoms with E-state index in [0.29, 0.717) is 24.4 Å². The smallest absolute Gasteiger partial charge is 0.488 e. The van der Waals surface area contributed by atoms with Crippen molar-refractivity contribution in [3.8, 4) is 5.75 Å². The summed E-state index contributed by atoms with van der Waals surface area (Å²) in [6, 6.07) is 9.79. The Morgan fingerprint density at radius 2 is 1.86 bits per heavy atom. The molecule has 2 aromatic heterocycles. The predicted octanol–water partition coefficient (Wildman–Crippen LogP) is 4.43. The number of fused-ring (bicyclic) bond motifs is 1. The molecule has 0 unspecified atom stereocenters. The Hall–Kier alpha value is -3.25. The number of nitrogens with zero attached hydrogens (tertiary/aromatic N) is 2. The molecule has 0 radical (unpaired) electrons. The van der Waals surface area contributed by atoms with Crippen LogP contribution in [0.2, 0.25) is 0 Å². The summed E-state index contributed by atoms with van der Waals surface area (Å²) < 4.78 is 37.8. The zero-order chi connectivity index (χ0) is 25.8. The first-order valence-corrected chi connectivity index (χ1v) is 11.5. The zero-order valence-electron chi connectivity index (χ0n) is 18.9. The fourth-order valence-electron chi connectivity index (χ4n) is 3.32. The second kappa shape index (κ2) is 10.6. The van der Waals surface area contributed by atoms with E-state index in [1.807, 2.05) is 35.7 Å². The van der Waals surface area contributed by atoms with E-state index in [1.54, 1.807) is 20.0 Å². The summed E-state index contributed by atoms with van der Waals surface area (Å²) >= 11 is 1.38. The van der Waals surface area contributed by atoms with Crippen LogP contribution in [0, 0.1) is 5.92 Å². The molecular weight excluding hydrogens is 487 g/mol. The number of thiazole rings is 1. The molecule has 3 N–H and O–H groups in total. The highest BCUT2D eigenvalue weighted by Gasteiger charge is 2.38. The molecule has 12 heteroatoms. The topological polar surface area (TPSA) is 122 Å². The third-order valence-corrected chi connectivity index (χ3v) is 5.80. The fraction of sp³-hybridized carbons (Fsp3) is 0.391. The van der Waals surface area contributed by atoms with Gasteiger partial charge in [0.2, 0.25) is 5.91 Å². The maximum absolute atomic E-state index is 12.4. The van der Waals surface area contributed by atoms with Crippen molar-refractivity contribution in [3.05, 3.63) is 47.6 Å². The molecule has 188 valence electrons. The monoisotopic (exact) mass is 511 g/mol. The largest absolute Gasteiger partial charge is 0.490 e. The summed E-state index contributed by atoms with van der Waals surface area (Å²) in [6.45, 7) is 3.48. The summed E-state index contributed by atoms with van der Waals surface area (Å²) in [5.41, 5.74) is 0.816. The van der Waals surface area contributed by atoms with Gasteiger partial charge in [0, 0.05) is 29.3 Å². The second-order valence-corrected chi connectivity index (χ2v) is 9.52. The maximum Gasteiger partial charge on any atom is 0.490 e. The number of ether oxygens (including phenoxy) is 1. The van der Waals surface area contributed by atoms with Gasteiger partial charge in [0.1, 0.15) is 17.4 Å². The van der Waals surface area contributed by atoms with Gasteiger partial charge in [-0.3, -0.25) is 9.78 Å². The van der Waals surface area contributed by atoms with Crippen molar-refractivity contribution in [2.24, 2.45) is 5.92 Å². The molecule has 35 heavy (non-hydrogen) atoms. The van der Waals surface area contributed by atoms with E-state index in [4.69, 9.17) is 14.6 Å². The minimum atomic E-state index is -5.08. The molecule has 0 bridgehead atoms. The van der Waals surface area contributed by atoms with Crippen molar-refractivity contribution in [1.29, 1.82) is 0 Å². The number of carboxylic acid groups (broad SMARTS) is 1. The summed E-state index contributed by atoms with van der Waals surface area (Å²) in [5, 5.41) is 23.4. The summed E-state index contributed by atoms with van der Waals surface area (Å²) in [6.07, 6.45) is -1.50. The zero-order valence-corrected chi connectivity index (χ0v) is 19.7. The van der Waals surface area contributed by atoms with Crippen LogP contribution >= 0.6 is 11.3 Å². The van der Waals surface area contributed by atoms with Gasteiger partial charge in [-0.2, -0.15) is 13.2 Å². The molecule has 0 saturated heterocycles. The van der Waals surface area contributed by atoms with Gasteiger partial charge in [-0.15, -0.1) is 11.3 Å². The lowest BCUT2D eigenvalue weighted by molar-refractivity contribution is -0.192. The number of nitrogens with one attached hydrogen (secondary N) is 1. The SMILES string of the molecule is CC(C)(O)Cc1csc(NC(=O)[C@H]2C[C@H](Oc3cccc4cccnc34)C2)n1.O=C(O)C(F)(F)F. The lowest BCUT2D eigenvalue weighted by Crippen LogP contribution is -2.40. The van der Waals surface area contributed by atoms with Crippen molar-refractivity contribution in [1.82, 2.24) is 9.97 Å². The number of para-hydroxylation sites is 1. The van der Waals surface area contributed by atoms with E-state index in [-0.39, 0.29) is 17.9 Å². The minimum absolute atomic E-state index is 0.0189. The van der Waals surface area contributed by atoms with Crippen LogP contribution in [0.3, 0.4) is 0 Å². The van der Waals surface area contributed by atoms with Gasteiger partial charge >= 0.3 is 12.1 Å². The average Bonchev–Trinajstić information content (AvgIpc) is 3.14. The number of hydrogen-bond acceptors (Lipinski definition) is 7. The molecule has 1 aliphatic rings. The van der Waals surface area contributed by atoms with Gasteiger partial charge in [-0.25, -0.2) is 9.78 Å². The lowest BCUT2D eigenvalue weighted by Gasteiger charge is -2.34. The van der Waals surface area contributed by atoms with Crippen LogP contribution < -0.4 is 10.1 Å². The number of aromatic nitrogens is 2. The molecule has 2 heterocycles. The molecular formula is C23H24F3N3O5S. The van der Waals surface area contributed by atoms with Crippen LogP contribution in [0.15, 0.2) is 41.9 Å². The maximum atomic E-state index is 12.4. The van der Waals surface area contributed by atoms with Crippen LogP contribution in [0.4, 0.5) is 18.3 Å². The van der Waals surface area contributed by atoms with Crippen molar-refractivity contribution in [2.75, 3.05) is 5.32 Å². The van der Waals surface area contributed by atoms with Crippen LogP contribution in [-0.2, 0) is 16.0 Å². The number of carboxylic acids is 1. The van der Waals surface area contributed by atoms with Gasteiger partial charge in [0.15, 0.2) is 5.13 Å². The Morgan fingerprint density at radius 3 is 2.49 bits per heavy atom. The fourth-order valence-corrected chi connectivity index (χ4v) is 4.04. The number of rotatable bonds is 6. The molecule has 3 aromatic rings. The van der Waals surface area contributed by atoms with Crippen molar-refractivity contribution < 1.29 is 37.7 Å². The van der Waals surface area contributed by atoms with Crippen LogP contribution in [0.25, 0.3) is 10.9 Å². The van der Waals surface area contributed by atoms with E-state index in [2.05, 4.69) is 15.3 Å². The van der Waals surface area contributed by atoms with Crippen LogP contribution in [0.1, 0.15) is 32.4 Å². The molecule has 4 rings (SSSR count). The second-order valence-electron chi connectivity index (χ2n) is 8.66. The standard InChI is InChI=1S/C21H23N3O3S.C2HF3O2/c1-21(2,26)11-15-12-28-20(23-15)24-19(25)14-9-16(10-14)27-17-7-3-5-13-6-4-8-22-18(13)17;3-2(4,5)1(6)7/h3-8,12,14,16,26H,9-11H2,1-2H3,(H,23,24,25);(H,6,7)/t14-,16-;. The number of halogens is 3. The number of pyridine rings is 1. The van der Waals surface area contributed by atoms with E-state index in [0.717, 1.165) is 22.3 Å². The molecule has 1 fully saturated rings. The molecule has 0 atom stereocenters. The van der Waals surface area contributed by atoms with Crippen molar-refractivity contribution in [2.45, 2.75) is 51.0 Å². The molecule has 8 nitrogen and oxygen atoms in total. The predicted molar refractivity (Wildman–Crippen MR) is 123 cm³/mol. The minimum Gasteiger partial charge on any atom is -0.488 e. The summed E-state index contributed by atoms with van der Waals surface area (Å²) in [4.78, 5) is 30.1. The first kappa shape index (κ1) is 26.4. The Labute approximate surface area is 202 Å². The molecule has 1 saturated carbocycles. The van der Waals surface area contributed by atoms with E-state index in [1.165, 1.54) is 11.3 Å². The first-order chi connectivity index (χ1) is 16.3. The number of aliphatic hydroxyl groups is 1. The Morgan fingerprint density at radius 1 is 1.20 bits per heavy atom. The highest BCUT2D eigenvalue weighted by Crippen LogP contribution is 2.34. The van der Waals surface area contributed by atoms with Crippen molar-refractivity contribution in [3.63, 3.8) is 0 Å². The number of carbonyl (C=O) groups is 2. The van der Waals surface area contributed by atoms with E-state index < -0.39 is 17.7 Å². The average molecular weight is 512 g/mol. The molecule has 1 amide bonds. The Kier molecular flexibility index (Phi) is 7.96. The number of carbonyl (C=O) groups excluding carboxylic acids is 1. The van der Waals surface area contributed by atoms with E-state index in [9.17, 15) is 23.1 Å². The molecule has 0 aliphatic heterocycles. The number of anilines is 1. The van der Waals surface area contributed by atoms with Gasteiger partial charge in [-0.05, 0) is 38.8 Å². The Bertz CT molecular complexity index is 1180. The van der Waals surface area contributed by atoms with Gasteiger partial charge in [0.05, 0.1) is 11.3 Å². The third kappa shape index (κ3) is 7.62. The van der Waals surface area contributed by atoms with Crippen molar-refractivity contribution >= 4 is 39.2 Å². The van der Waals surface area contributed by atoms with Gasteiger partial charge < -0.3 is 20.3 Å². The number of amides is 1. The summed E-state index contributed by atoms with van der Waals surface area (Å²) in [5.74, 6) is -2.10. The highest BCUT2D eigenvalue weighted by molar-refractivity contribution is 7.13. The van der Waals surface area contributed by atoms with Crippen LogP contribution in [-0.4, -0.2) is 49.9 Å². The number of alkyl halides is 3. The van der Waals surface area contributed by atoms with Crippen LogP contribution in [0.5, 0.6) is 5.75 Å². The third-order valence-electron chi connectivity index (χ3n) is 4.99. The van der Waals surface area contributed by atoms with Gasteiger partial charge in [-0.1, -0.05) is 18.2 Å². The lowest BCUT2D eigenvalue weighted by atomic mass is 9.81. The summed E-state index contributed by atoms with van der Waals surface area (Å²) in [7, 11) is 0. The van der Waals surface area contributed by atoms with Gasteiger partial charge in [0.25, 0.3) is 0 Å². The molecule has 0 spiro atoms. The Balaban J connectivity index is 0.000000429. The van der Waals surface area contributed by atoms with E-state index >= 15 is 0 Å². The normalized spacial score (nSPS) is 17.7. The number of hydrogen-bond donors (Lipinski definition) is 3. The highest BCUT2D eigenvalue weighted by atomic mass is 32.1. The molecule has 1 aliphatic carbocycles. The molecule has 1 aromatic carbocycles. The first-order valence-electron chi connectivity index (χ1n) is 10.6. The number of benzene rings is 1.